The van der Waals surface area contributed by atoms with Gasteiger partial charge in [0.2, 0.25) is 0 Å². The molecule has 0 saturated carbocycles. The van der Waals surface area contributed by atoms with E-state index in [4.69, 9.17) is 34.8 Å². The van der Waals surface area contributed by atoms with E-state index in [1.807, 2.05) is 19.9 Å². The molecule has 0 bridgehead atoms. The topological polar surface area (TPSA) is 85.6 Å². The lowest BCUT2D eigenvalue weighted by atomic mass is 10.2. The lowest BCUT2D eigenvalue weighted by molar-refractivity contribution is 0.102. The van der Waals surface area contributed by atoms with Crippen molar-refractivity contribution in [1.29, 1.82) is 0 Å². The van der Waals surface area contributed by atoms with Gasteiger partial charge >= 0.3 is 0 Å². The van der Waals surface area contributed by atoms with Crippen LogP contribution < -0.4 is 5.32 Å². The molecular weight excluding hydrogens is 503 g/mol. The Morgan fingerprint density at radius 2 is 1.67 bits per heavy atom. The average Bonchev–Trinajstić information content (AvgIpc) is 3.15. The van der Waals surface area contributed by atoms with Crippen LogP contribution >= 0.6 is 46.6 Å². The zero-order chi connectivity index (χ0) is 23.5. The second-order valence-corrected chi connectivity index (χ2v) is 9.36. The van der Waals surface area contributed by atoms with Gasteiger partial charge in [-0.1, -0.05) is 57.8 Å². The standard InChI is InChI=1S/C22H17Cl3N6OS/c1-12-6-13(2)27-22(26-12)33-11-19-20(21(32)28-17-5-3-4-14(23)8-17)29-30-31(19)18-9-15(24)7-16(25)10-18/h3-10H,11H2,1-2H3,(H,28,32). The summed E-state index contributed by atoms with van der Waals surface area (Å²) in [6.45, 7) is 3.81. The predicted octanol–water partition coefficient (Wildman–Crippen LogP) is 6.18. The monoisotopic (exact) mass is 518 g/mol. The van der Waals surface area contributed by atoms with Crippen molar-refractivity contribution < 1.29 is 4.79 Å². The number of nitrogens with zero attached hydrogens (tertiary/aromatic N) is 5. The van der Waals surface area contributed by atoms with E-state index in [0.717, 1.165) is 11.4 Å². The molecule has 4 rings (SSSR count). The summed E-state index contributed by atoms with van der Waals surface area (Å²) in [6.07, 6.45) is 0. The first kappa shape index (κ1) is 23.5. The molecule has 11 heteroatoms. The second kappa shape index (κ2) is 10.1. The average molecular weight is 520 g/mol. The molecule has 0 aliphatic carbocycles. The molecule has 2 aromatic heterocycles. The summed E-state index contributed by atoms with van der Waals surface area (Å²) in [7, 11) is 0. The van der Waals surface area contributed by atoms with E-state index in [0.29, 0.717) is 43.0 Å². The molecule has 2 aromatic carbocycles. The molecule has 1 N–H and O–H groups in total. The number of carbonyl (C=O) groups is 1. The van der Waals surface area contributed by atoms with E-state index >= 15 is 0 Å². The summed E-state index contributed by atoms with van der Waals surface area (Å²) < 4.78 is 1.54. The Morgan fingerprint density at radius 3 is 2.33 bits per heavy atom. The third-order valence-electron chi connectivity index (χ3n) is 4.45. The number of aryl methyl sites for hydroxylation is 2. The summed E-state index contributed by atoms with van der Waals surface area (Å²) in [6, 6.07) is 13.8. The van der Waals surface area contributed by atoms with Gasteiger partial charge in [-0.05, 0) is 56.3 Å². The first-order valence-electron chi connectivity index (χ1n) is 9.71. The lowest BCUT2D eigenvalue weighted by Crippen LogP contribution is -2.15. The Balaban J connectivity index is 1.71. The largest absolute Gasteiger partial charge is 0.320 e. The van der Waals surface area contributed by atoms with Crippen molar-refractivity contribution in [2.75, 3.05) is 5.32 Å². The maximum Gasteiger partial charge on any atom is 0.278 e. The van der Waals surface area contributed by atoms with Crippen LogP contribution in [0, 0.1) is 13.8 Å². The molecule has 0 unspecified atom stereocenters. The van der Waals surface area contributed by atoms with Crippen LogP contribution in [0.1, 0.15) is 27.6 Å². The number of hydrogen-bond donors (Lipinski definition) is 1. The molecule has 0 fully saturated rings. The highest BCUT2D eigenvalue weighted by atomic mass is 35.5. The van der Waals surface area contributed by atoms with Gasteiger partial charge in [-0.3, -0.25) is 4.79 Å². The van der Waals surface area contributed by atoms with E-state index < -0.39 is 5.91 Å². The molecule has 7 nitrogen and oxygen atoms in total. The molecule has 0 aliphatic rings. The summed E-state index contributed by atoms with van der Waals surface area (Å²) >= 11 is 19.8. The number of thioether (sulfide) groups is 1. The second-order valence-electron chi connectivity index (χ2n) is 7.11. The maximum atomic E-state index is 13.1. The predicted molar refractivity (Wildman–Crippen MR) is 132 cm³/mol. The van der Waals surface area contributed by atoms with E-state index in [-0.39, 0.29) is 5.69 Å². The number of halogens is 3. The van der Waals surface area contributed by atoms with E-state index in [9.17, 15) is 4.79 Å². The molecule has 0 aliphatic heterocycles. The van der Waals surface area contributed by atoms with Crippen LogP contribution in [0.5, 0.6) is 0 Å². The number of benzene rings is 2. The normalized spacial score (nSPS) is 10.9. The van der Waals surface area contributed by atoms with Crippen LogP contribution in [0.15, 0.2) is 53.7 Å². The Hall–Kier alpha value is -2.65. The van der Waals surface area contributed by atoms with Crippen LogP contribution in [-0.4, -0.2) is 30.9 Å². The van der Waals surface area contributed by atoms with Crippen molar-refractivity contribution in [2.24, 2.45) is 0 Å². The van der Waals surface area contributed by atoms with Gasteiger partial charge < -0.3 is 5.32 Å². The summed E-state index contributed by atoms with van der Waals surface area (Å²) in [5.74, 6) is -0.0909. The maximum absolute atomic E-state index is 13.1. The number of carbonyl (C=O) groups excluding carboxylic acids is 1. The molecule has 0 radical (unpaired) electrons. The van der Waals surface area contributed by atoms with Crippen molar-refractivity contribution in [2.45, 2.75) is 24.8 Å². The Kier molecular flexibility index (Phi) is 7.19. The Morgan fingerprint density at radius 1 is 0.970 bits per heavy atom. The van der Waals surface area contributed by atoms with Crippen LogP contribution in [0.25, 0.3) is 5.69 Å². The minimum atomic E-state index is -0.423. The van der Waals surface area contributed by atoms with Gasteiger partial charge in [-0.15, -0.1) is 5.10 Å². The molecule has 2 heterocycles. The number of anilines is 1. The van der Waals surface area contributed by atoms with Crippen LogP contribution in [0.4, 0.5) is 5.69 Å². The molecule has 0 saturated heterocycles. The smallest absolute Gasteiger partial charge is 0.278 e. The summed E-state index contributed by atoms with van der Waals surface area (Å²) in [4.78, 5) is 22.0. The van der Waals surface area contributed by atoms with Crippen LogP contribution in [-0.2, 0) is 5.75 Å². The van der Waals surface area contributed by atoms with Crippen molar-refractivity contribution in [3.05, 3.63) is 86.4 Å². The number of nitrogens with one attached hydrogen (secondary N) is 1. The molecule has 0 atom stereocenters. The van der Waals surface area contributed by atoms with E-state index in [1.54, 1.807) is 47.1 Å². The highest BCUT2D eigenvalue weighted by Gasteiger charge is 2.22. The molecular formula is C22H17Cl3N6OS. The molecule has 4 aromatic rings. The summed E-state index contributed by atoms with van der Waals surface area (Å²) in [5, 5.41) is 13.1. The van der Waals surface area contributed by atoms with Crippen molar-refractivity contribution in [1.82, 2.24) is 25.0 Å². The minimum absolute atomic E-state index is 0.156. The van der Waals surface area contributed by atoms with E-state index in [2.05, 4.69) is 25.6 Å². The third kappa shape index (κ3) is 5.83. The third-order valence-corrected chi connectivity index (χ3v) is 5.98. The van der Waals surface area contributed by atoms with Gasteiger partial charge in [0.1, 0.15) is 0 Å². The Labute approximate surface area is 209 Å². The van der Waals surface area contributed by atoms with Crippen molar-refractivity contribution in [3.8, 4) is 5.69 Å². The minimum Gasteiger partial charge on any atom is -0.320 e. The summed E-state index contributed by atoms with van der Waals surface area (Å²) in [5.41, 5.74) is 3.54. The molecule has 0 spiro atoms. The number of amides is 1. The van der Waals surface area contributed by atoms with Gasteiger partial charge in [0.15, 0.2) is 10.9 Å². The quantitative estimate of drug-likeness (QED) is 0.242. The van der Waals surface area contributed by atoms with Gasteiger partial charge in [0.25, 0.3) is 5.91 Å². The fourth-order valence-electron chi connectivity index (χ4n) is 3.12. The Bertz CT molecular complexity index is 1300. The first-order valence-corrected chi connectivity index (χ1v) is 11.8. The van der Waals surface area contributed by atoms with Gasteiger partial charge in [0, 0.05) is 37.9 Å². The molecule has 1 amide bonds. The van der Waals surface area contributed by atoms with Gasteiger partial charge in [-0.2, -0.15) is 0 Å². The zero-order valence-corrected chi connectivity index (χ0v) is 20.6. The van der Waals surface area contributed by atoms with E-state index in [1.165, 1.54) is 11.8 Å². The fraction of sp³-hybridized carbons (Fsp3) is 0.136. The molecule has 168 valence electrons. The van der Waals surface area contributed by atoms with Crippen molar-refractivity contribution >= 4 is 58.2 Å². The highest BCUT2D eigenvalue weighted by Crippen LogP contribution is 2.27. The van der Waals surface area contributed by atoms with Crippen molar-refractivity contribution in [3.63, 3.8) is 0 Å². The lowest BCUT2D eigenvalue weighted by Gasteiger charge is -2.10. The first-order chi connectivity index (χ1) is 15.8. The SMILES string of the molecule is Cc1cc(C)nc(SCc2c(C(=O)Nc3cccc(Cl)c3)nnn2-c2cc(Cl)cc(Cl)c2)n1. The van der Waals surface area contributed by atoms with Gasteiger partial charge in [0.05, 0.1) is 11.4 Å². The zero-order valence-electron chi connectivity index (χ0n) is 17.5. The number of hydrogen-bond acceptors (Lipinski definition) is 6. The number of aromatic nitrogens is 5. The van der Waals surface area contributed by atoms with Gasteiger partial charge in [-0.25, -0.2) is 14.6 Å². The highest BCUT2D eigenvalue weighted by molar-refractivity contribution is 7.98. The number of rotatable bonds is 6. The molecule has 33 heavy (non-hydrogen) atoms. The van der Waals surface area contributed by atoms with Crippen LogP contribution in [0.2, 0.25) is 15.1 Å². The fourth-order valence-corrected chi connectivity index (χ4v) is 4.77. The van der Waals surface area contributed by atoms with Crippen LogP contribution in [0.3, 0.4) is 0 Å².